The van der Waals surface area contributed by atoms with Crippen molar-refractivity contribution in [2.75, 3.05) is 10.6 Å². The molecular weight excluding hydrogens is 434 g/mol. The maximum absolute atomic E-state index is 11.4. The highest BCUT2D eigenvalue weighted by Crippen LogP contribution is 2.38. The lowest BCUT2D eigenvalue weighted by atomic mass is 10.2. The molecule has 156 valence electrons. The van der Waals surface area contributed by atoms with Gasteiger partial charge in [0.1, 0.15) is 0 Å². The molecule has 0 spiro atoms. The van der Waals surface area contributed by atoms with E-state index in [-0.39, 0.29) is 32.7 Å². The number of hydrogen-bond acceptors (Lipinski definition) is 9. The number of phenolic OH excluding ortho intramolecular Hbond substituents is 1. The molecule has 0 fully saturated rings. The molecule has 0 unspecified atom stereocenters. The van der Waals surface area contributed by atoms with Crippen LogP contribution < -0.4 is 10.6 Å². The van der Waals surface area contributed by atoms with Gasteiger partial charge in [-0.15, -0.1) is 10.2 Å². The second-order valence-corrected chi connectivity index (χ2v) is 8.27. The predicted octanol–water partition coefficient (Wildman–Crippen LogP) is 3.58. The van der Waals surface area contributed by atoms with Gasteiger partial charge < -0.3 is 15.7 Å². The third-order valence-corrected chi connectivity index (χ3v) is 5.31. The second kappa shape index (κ2) is 8.14. The van der Waals surface area contributed by atoms with Crippen molar-refractivity contribution in [1.29, 1.82) is 0 Å². The molecule has 13 heteroatoms. The SMILES string of the molecule is CC(=O)Nc1cc(N=Nc2snc3ccc(S(=O)(=O)O)cc23)cc(NC(C)=O)c1O. The maximum atomic E-state index is 11.4. The van der Waals surface area contributed by atoms with Gasteiger partial charge in [0.05, 0.1) is 27.5 Å². The van der Waals surface area contributed by atoms with Crippen LogP contribution in [0.15, 0.2) is 45.5 Å². The third kappa shape index (κ3) is 4.76. The van der Waals surface area contributed by atoms with Gasteiger partial charge in [0.2, 0.25) is 11.8 Å². The van der Waals surface area contributed by atoms with Crippen LogP contribution in [0.25, 0.3) is 10.9 Å². The number of fused-ring (bicyclic) bond motifs is 1. The van der Waals surface area contributed by atoms with E-state index in [2.05, 4.69) is 25.2 Å². The number of nitrogens with zero attached hydrogens (tertiary/aromatic N) is 3. The van der Waals surface area contributed by atoms with Crippen LogP contribution >= 0.6 is 11.5 Å². The van der Waals surface area contributed by atoms with Crippen molar-refractivity contribution < 1.29 is 27.7 Å². The molecule has 11 nitrogen and oxygen atoms in total. The van der Waals surface area contributed by atoms with E-state index in [4.69, 9.17) is 0 Å². The van der Waals surface area contributed by atoms with Gasteiger partial charge in [0.15, 0.2) is 10.8 Å². The molecular formula is C17H15N5O6S2. The second-order valence-electron chi connectivity index (χ2n) is 6.09. The highest BCUT2D eigenvalue weighted by Gasteiger charge is 2.15. The molecule has 0 atom stereocenters. The number of aromatic hydroxyl groups is 1. The van der Waals surface area contributed by atoms with Crippen molar-refractivity contribution in [2.24, 2.45) is 10.2 Å². The summed E-state index contributed by atoms with van der Waals surface area (Å²) in [5.74, 6) is -1.24. The van der Waals surface area contributed by atoms with Gasteiger partial charge in [-0.1, -0.05) is 0 Å². The number of nitrogens with one attached hydrogen (secondary N) is 2. The van der Waals surface area contributed by atoms with Crippen LogP contribution in [-0.4, -0.2) is 34.3 Å². The zero-order valence-corrected chi connectivity index (χ0v) is 17.2. The van der Waals surface area contributed by atoms with Crippen LogP contribution in [0.4, 0.5) is 22.1 Å². The fourth-order valence-corrected chi connectivity index (χ4v) is 3.68. The third-order valence-electron chi connectivity index (χ3n) is 3.70. The minimum Gasteiger partial charge on any atom is -0.504 e. The molecule has 0 radical (unpaired) electrons. The first-order valence-corrected chi connectivity index (χ1v) is 10.5. The van der Waals surface area contributed by atoms with Crippen LogP contribution in [0.1, 0.15) is 13.8 Å². The zero-order chi connectivity index (χ0) is 22.1. The molecule has 1 aromatic heterocycles. The molecule has 0 aliphatic heterocycles. The van der Waals surface area contributed by atoms with E-state index >= 15 is 0 Å². The van der Waals surface area contributed by atoms with Gasteiger partial charge in [0.25, 0.3) is 10.1 Å². The topological polar surface area (TPSA) is 170 Å². The van der Waals surface area contributed by atoms with Crippen molar-refractivity contribution in [2.45, 2.75) is 18.7 Å². The van der Waals surface area contributed by atoms with Crippen LogP contribution in [-0.2, 0) is 19.7 Å². The number of carbonyl (C=O) groups is 2. The summed E-state index contributed by atoms with van der Waals surface area (Å²) in [6, 6.07) is 6.57. The summed E-state index contributed by atoms with van der Waals surface area (Å²) in [5.41, 5.74) is 0.689. The molecule has 0 aliphatic carbocycles. The van der Waals surface area contributed by atoms with Gasteiger partial charge >= 0.3 is 0 Å². The molecule has 3 aromatic rings. The fourth-order valence-electron chi connectivity index (χ4n) is 2.49. The van der Waals surface area contributed by atoms with Crippen molar-refractivity contribution in [3.05, 3.63) is 30.3 Å². The van der Waals surface area contributed by atoms with E-state index in [1.54, 1.807) is 0 Å². The number of azo groups is 1. The van der Waals surface area contributed by atoms with E-state index < -0.39 is 21.9 Å². The quantitative estimate of drug-likeness (QED) is 0.262. The number of benzene rings is 2. The Balaban J connectivity index is 2.04. The maximum Gasteiger partial charge on any atom is 0.294 e. The molecule has 30 heavy (non-hydrogen) atoms. The van der Waals surface area contributed by atoms with E-state index in [0.29, 0.717) is 10.9 Å². The number of amides is 2. The highest BCUT2D eigenvalue weighted by atomic mass is 32.2. The first-order valence-electron chi connectivity index (χ1n) is 8.25. The Bertz CT molecular complexity index is 1260. The number of rotatable bonds is 5. The molecule has 3 rings (SSSR count). The number of anilines is 2. The average Bonchev–Trinajstić information content (AvgIpc) is 3.04. The number of carbonyl (C=O) groups excluding carboxylic acids is 2. The molecule has 0 bridgehead atoms. The lowest BCUT2D eigenvalue weighted by Crippen LogP contribution is -2.09. The molecule has 0 saturated heterocycles. The minimum atomic E-state index is -4.40. The Kier molecular flexibility index (Phi) is 5.78. The predicted molar refractivity (Wildman–Crippen MR) is 110 cm³/mol. The van der Waals surface area contributed by atoms with Gasteiger partial charge in [-0.3, -0.25) is 14.1 Å². The lowest BCUT2D eigenvalue weighted by molar-refractivity contribution is -0.115. The standard InChI is InChI=1S/C17H15N5O6S2/c1-8(23)18-14-5-10(6-15(16(14)25)19-9(2)24)20-21-17-12-7-11(30(26,27)28)3-4-13(12)22-29-17/h3-7,25H,1-2H3,(H,18,23)(H,19,24)(H,26,27,28). The van der Waals surface area contributed by atoms with Crippen molar-refractivity contribution in [3.63, 3.8) is 0 Å². The summed E-state index contributed by atoms with van der Waals surface area (Å²) >= 11 is 0.959. The summed E-state index contributed by atoms with van der Waals surface area (Å²) in [7, 11) is -4.40. The summed E-state index contributed by atoms with van der Waals surface area (Å²) in [6.45, 7) is 2.50. The van der Waals surface area contributed by atoms with E-state index in [9.17, 15) is 27.7 Å². The first-order chi connectivity index (χ1) is 14.0. The number of phenols is 1. The summed E-state index contributed by atoms with van der Waals surface area (Å²) in [5, 5.41) is 23.8. The molecule has 2 aromatic carbocycles. The van der Waals surface area contributed by atoms with Gasteiger partial charge in [-0.2, -0.15) is 12.8 Å². The Labute approximate surface area is 174 Å². The summed E-state index contributed by atoms with van der Waals surface area (Å²) in [6.07, 6.45) is 0. The Hall–Kier alpha value is -3.42. The van der Waals surface area contributed by atoms with Crippen molar-refractivity contribution in [1.82, 2.24) is 4.37 Å². The van der Waals surface area contributed by atoms with E-state index in [1.807, 2.05) is 0 Å². The number of hydrogen-bond donors (Lipinski definition) is 4. The zero-order valence-electron chi connectivity index (χ0n) is 15.6. The molecule has 4 N–H and O–H groups in total. The highest BCUT2D eigenvalue weighted by molar-refractivity contribution is 7.85. The van der Waals surface area contributed by atoms with Crippen molar-refractivity contribution in [3.8, 4) is 5.75 Å². The Morgan fingerprint density at radius 2 is 1.63 bits per heavy atom. The number of aromatic nitrogens is 1. The first kappa shape index (κ1) is 21.3. The minimum absolute atomic E-state index is 0.0190. The molecule has 1 heterocycles. The summed E-state index contributed by atoms with van der Waals surface area (Å²) in [4.78, 5) is 22.4. The van der Waals surface area contributed by atoms with Gasteiger partial charge in [-0.25, -0.2) is 0 Å². The normalized spacial score (nSPS) is 11.7. The molecule has 0 aliphatic rings. The fraction of sp³-hybridized carbons (Fsp3) is 0.118. The van der Waals surface area contributed by atoms with Gasteiger partial charge in [-0.05, 0) is 41.9 Å². The van der Waals surface area contributed by atoms with Gasteiger partial charge in [0, 0.05) is 19.2 Å². The molecule has 2 amide bonds. The van der Waals surface area contributed by atoms with Crippen LogP contribution in [0.5, 0.6) is 5.75 Å². The van der Waals surface area contributed by atoms with Crippen molar-refractivity contribution >= 4 is 66.4 Å². The average molecular weight is 449 g/mol. The Morgan fingerprint density at radius 1 is 1.03 bits per heavy atom. The Morgan fingerprint density at radius 3 is 2.17 bits per heavy atom. The smallest absolute Gasteiger partial charge is 0.294 e. The summed E-state index contributed by atoms with van der Waals surface area (Å²) < 4.78 is 36.1. The van der Waals surface area contributed by atoms with Crippen LogP contribution in [0.3, 0.4) is 0 Å². The largest absolute Gasteiger partial charge is 0.504 e. The van der Waals surface area contributed by atoms with E-state index in [1.165, 1.54) is 44.2 Å². The lowest BCUT2D eigenvalue weighted by Gasteiger charge is -2.11. The monoisotopic (exact) mass is 449 g/mol. The molecule has 0 saturated carbocycles. The van der Waals surface area contributed by atoms with Crippen LogP contribution in [0, 0.1) is 0 Å². The van der Waals surface area contributed by atoms with Crippen LogP contribution in [0.2, 0.25) is 0 Å². The van der Waals surface area contributed by atoms with E-state index in [0.717, 1.165) is 11.5 Å².